The Balaban J connectivity index is 2.37. The monoisotopic (exact) mass is 264 g/mol. The Morgan fingerprint density at radius 1 is 1.44 bits per heavy atom. The van der Waals surface area contributed by atoms with E-state index in [-0.39, 0.29) is 0 Å². The molecule has 0 bridgehead atoms. The first-order valence-corrected chi connectivity index (χ1v) is 6.45. The summed E-state index contributed by atoms with van der Waals surface area (Å²) in [5.74, 6) is 0.707. The fourth-order valence-corrected chi connectivity index (χ4v) is 2.87. The Kier molecular flexibility index (Phi) is 3.93. The molecular formula is C13H16N2O2S. The van der Waals surface area contributed by atoms with E-state index in [1.165, 1.54) is 0 Å². The first kappa shape index (κ1) is 13.0. The van der Waals surface area contributed by atoms with Gasteiger partial charge in [-0.25, -0.2) is 0 Å². The van der Waals surface area contributed by atoms with Crippen LogP contribution in [0.2, 0.25) is 0 Å². The highest BCUT2D eigenvalue weighted by Gasteiger charge is 2.15. The van der Waals surface area contributed by atoms with Crippen molar-refractivity contribution in [2.24, 2.45) is 7.05 Å². The number of aliphatic hydroxyl groups excluding tert-OH is 1. The molecule has 0 aliphatic heterocycles. The standard InChI is InChI=1S/C13H16N2O2S/c1-9(16)13-11(17-3)5-4-6-12(13)18-10-7-14-15(2)8-10/h4-9,16H,1-3H3. The molecule has 2 rings (SSSR count). The fourth-order valence-electron chi connectivity index (χ4n) is 1.78. The molecule has 18 heavy (non-hydrogen) atoms. The lowest BCUT2D eigenvalue weighted by atomic mass is 10.1. The largest absolute Gasteiger partial charge is 0.496 e. The van der Waals surface area contributed by atoms with Crippen LogP contribution in [-0.4, -0.2) is 22.0 Å². The van der Waals surface area contributed by atoms with Gasteiger partial charge in [0.15, 0.2) is 0 Å². The lowest BCUT2D eigenvalue weighted by Gasteiger charge is -2.15. The molecule has 1 atom stereocenters. The summed E-state index contributed by atoms with van der Waals surface area (Å²) < 4.78 is 7.05. The van der Waals surface area contributed by atoms with E-state index in [2.05, 4.69) is 5.10 Å². The average Bonchev–Trinajstić information content (AvgIpc) is 2.74. The van der Waals surface area contributed by atoms with Gasteiger partial charge in [-0.3, -0.25) is 4.68 Å². The highest BCUT2D eigenvalue weighted by Crippen LogP contribution is 2.37. The van der Waals surface area contributed by atoms with Crippen molar-refractivity contribution in [1.82, 2.24) is 9.78 Å². The van der Waals surface area contributed by atoms with Crippen molar-refractivity contribution in [2.45, 2.75) is 22.8 Å². The molecule has 0 spiro atoms. The van der Waals surface area contributed by atoms with Crippen LogP contribution < -0.4 is 4.74 Å². The highest BCUT2D eigenvalue weighted by atomic mass is 32.2. The zero-order valence-corrected chi connectivity index (χ0v) is 11.4. The van der Waals surface area contributed by atoms with Crippen molar-refractivity contribution in [3.8, 4) is 5.75 Å². The van der Waals surface area contributed by atoms with Gasteiger partial charge >= 0.3 is 0 Å². The van der Waals surface area contributed by atoms with Crippen molar-refractivity contribution in [2.75, 3.05) is 7.11 Å². The number of aromatic nitrogens is 2. The van der Waals surface area contributed by atoms with Crippen LogP contribution in [0.3, 0.4) is 0 Å². The van der Waals surface area contributed by atoms with Crippen LogP contribution in [0.15, 0.2) is 40.4 Å². The third-order valence-corrected chi connectivity index (χ3v) is 3.60. The molecule has 1 unspecified atom stereocenters. The van der Waals surface area contributed by atoms with Gasteiger partial charge in [0.1, 0.15) is 5.75 Å². The van der Waals surface area contributed by atoms with E-state index in [4.69, 9.17) is 4.74 Å². The first-order chi connectivity index (χ1) is 8.61. The van der Waals surface area contributed by atoms with E-state index in [0.29, 0.717) is 5.75 Å². The number of aliphatic hydroxyl groups is 1. The summed E-state index contributed by atoms with van der Waals surface area (Å²) in [6.45, 7) is 1.74. The lowest BCUT2D eigenvalue weighted by Crippen LogP contribution is -1.98. The zero-order chi connectivity index (χ0) is 13.1. The van der Waals surface area contributed by atoms with Gasteiger partial charge in [-0.2, -0.15) is 5.10 Å². The normalized spacial score (nSPS) is 12.4. The molecule has 1 heterocycles. The van der Waals surface area contributed by atoms with Crippen molar-refractivity contribution in [3.63, 3.8) is 0 Å². The molecule has 0 radical (unpaired) electrons. The maximum absolute atomic E-state index is 9.89. The molecular weight excluding hydrogens is 248 g/mol. The molecule has 0 aliphatic rings. The number of hydrogen-bond acceptors (Lipinski definition) is 4. The SMILES string of the molecule is COc1cccc(Sc2cnn(C)c2)c1C(C)O. The second kappa shape index (κ2) is 5.46. The van der Waals surface area contributed by atoms with Crippen molar-refractivity contribution < 1.29 is 9.84 Å². The molecule has 1 N–H and O–H groups in total. The van der Waals surface area contributed by atoms with E-state index in [0.717, 1.165) is 15.4 Å². The predicted octanol–water partition coefficient (Wildman–Crippen LogP) is 2.63. The molecule has 1 aromatic heterocycles. The van der Waals surface area contributed by atoms with Crippen LogP contribution in [0.1, 0.15) is 18.6 Å². The Bertz CT molecular complexity index is 538. The first-order valence-electron chi connectivity index (χ1n) is 5.63. The maximum atomic E-state index is 9.89. The predicted molar refractivity (Wildman–Crippen MR) is 71.0 cm³/mol. The van der Waals surface area contributed by atoms with E-state index >= 15 is 0 Å². The quantitative estimate of drug-likeness (QED) is 0.922. The summed E-state index contributed by atoms with van der Waals surface area (Å²) in [6, 6.07) is 5.75. The molecule has 5 heteroatoms. The smallest absolute Gasteiger partial charge is 0.125 e. The summed E-state index contributed by atoms with van der Waals surface area (Å²) >= 11 is 1.57. The second-order valence-electron chi connectivity index (χ2n) is 4.00. The van der Waals surface area contributed by atoms with E-state index in [1.54, 1.807) is 36.7 Å². The second-order valence-corrected chi connectivity index (χ2v) is 5.12. The lowest BCUT2D eigenvalue weighted by molar-refractivity contribution is 0.191. The minimum atomic E-state index is -0.569. The molecule has 4 nitrogen and oxygen atoms in total. The molecule has 1 aromatic carbocycles. The molecule has 0 fully saturated rings. The number of hydrogen-bond donors (Lipinski definition) is 1. The third-order valence-electron chi connectivity index (χ3n) is 2.57. The molecule has 2 aromatic rings. The third kappa shape index (κ3) is 2.68. The van der Waals surface area contributed by atoms with Gasteiger partial charge in [-0.15, -0.1) is 0 Å². The number of methoxy groups -OCH3 is 1. The van der Waals surface area contributed by atoms with Crippen LogP contribution in [0.5, 0.6) is 5.75 Å². The van der Waals surface area contributed by atoms with Crippen LogP contribution >= 0.6 is 11.8 Å². The summed E-state index contributed by atoms with van der Waals surface area (Å²) in [5.41, 5.74) is 0.814. The molecule has 0 amide bonds. The summed E-state index contributed by atoms with van der Waals surface area (Å²) in [7, 11) is 3.49. The van der Waals surface area contributed by atoms with Gasteiger partial charge in [0.05, 0.1) is 24.3 Å². The minimum absolute atomic E-state index is 0.569. The number of ether oxygens (including phenoxy) is 1. The van der Waals surface area contributed by atoms with Crippen molar-refractivity contribution in [3.05, 3.63) is 36.2 Å². The summed E-state index contributed by atoms with van der Waals surface area (Å²) in [6.07, 6.45) is 3.17. The van der Waals surface area contributed by atoms with Crippen molar-refractivity contribution in [1.29, 1.82) is 0 Å². The van der Waals surface area contributed by atoms with E-state index in [1.807, 2.05) is 31.4 Å². The molecule has 96 valence electrons. The van der Waals surface area contributed by atoms with Gasteiger partial charge in [-0.1, -0.05) is 17.8 Å². The molecule has 0 saturated carbocycles. The Morgan fingerprint density at radius 2 is 2.22 bits per heavy atom. The van der Waals surface area contributed by atoms with Crippen molar-refractivity contribution >= 4 is 11.8 Å². The fraction of sp³-hybridized carbons (Fsp3) is 0.308. The highest BCUT2D eigenvalue weighted by molar-refractivity contribution is 7.99. The van der Waals surface area contributed by atoms with E-state index in [9.17, 15) is 5.11 Å². The van der Waals surface area contributed by atoms with Gasteiger partial charge < -0.3 is 9.84 Å². The van der Waals surface area contributed by atoms with Gasteiger partial charge in [-0.05, 0) is 19.1 Å². The van der Waals surface area contributed by atoms with Crippen LogP contribution in [0, 0.1) is 0 Å². The van der Waals surface area contributed by atoms with Crippen LogP contribution in [-0.2, 0) is 7.05 Å². The Morgan fingerprint density at radius 3 is 2.78 bits per heavy atom. The van der Waals surface area contributed by atoms with Crippen LogP contribution in [0.4, 0.5) is 0 Å². The zero-order valence-electron chi connectivity index (χ0n) is 10.6. The Hall–Kier alpha value is -1.46. The Labute approximate surface area is 111 Å². The molecule has 0 aliphatic carbocycles. The van der Waals surface area contributed by atoms with Gasteiger partial charge in [0, 0.05) is 23.7 Å². The summed E-state index contributed by atoms with van der Waals surface area (Å²) in [5, 5.41) is 14.0. The number of benzene rings is 1. The average molecular weight is 264 g/mol. The van der Waals surface area contributed by atoms with Gasteiger partial charge in [0.2, 0.25) is 0 Å². The number of aryl methyl sites for hydroxylation is 1. The summed E-state index contributed by atoms with van der Waals surface area (Å²) in [4.78, 5) is 2.02. The minimum Gasteiger partial charge on any atom is -0.496 e. The maximum Gasteiger partial charge on any atom is 0.125 e. The topological polar surface area (TPSA) is 47.3 Å². The van der Waals surface area contributed by atoms with Gasteiger partial charge in [0.25, 0.3) is 0 Å². The van der Waals surface area contributed by atoms with Crippen LogP contribution in [0.25, 0.3) is 0 Å². The molecule has 0 saturated heterocycles. The number of rotatable bonds is 4. The van der Waals surface area contributed by atoms with E-state index < -0.39 is 6.10 Å². The number of nitrogens with zero attached hydrogens (tertiary/aromatic N) is 2.